The predicted molar refractivity (Wildman–Crippen MR) is 140 cm³/mol. The molecular weight excluding hydrogens is 470 g/mol. The molecule has 34 heavy (non-hydrogen) atoms. The molecular formula is C25H37N3O4S2. The van der Waals surface area contributed by atoms with Crippen LogP contribution in [-0.2, 0) is 20.9 Å². The third-order valence-corrected chi connectivity index (χ3v) is 8.06. The first kappa shape index (κ1) is 26.8. The summed E-state index contributed by atoms with van der Waals surface area (Å²) in [5.41, 5.74) is 1.09. The molecule has 9 heteroatoms. The van der Waals surface area contributed by atoms with Gasteiger partial charge in [0.2, 0.25) is 11.8 Å². The number of nitrogens with zero attached hydrogens (tertiary/aromatic N) is 1. The Bertz CT molecular complexity index is 815. The van der Waals surface area contributed by atoms with Crippen LogP contribution < -0.4 is 15.4 Å². The molecule has 1 saturated carbocycles. The van der Waals surface area contributed by atoms with E-state index in [1.165, 1.54) is 39.2 Å². The van der Waals surface area contributed by atoms with Gasteiger partial charge in [-0.1, -0.05) is 56.5 Å². The summed E-state index contributed by atoms with van der Waals surface area (Å²) < 4.78 is 10.2. The number of thioether (sulfide) groups is 1. The fourth-order valence-corrected chi connectivity index (χ4v) is 6.01. The second kappa shape index (κ2) is 13.9. The van der Waals surface area contributed by atoms with Gasteiger partial charge in [-0.2, -0.15) is 0 Å². The van der Waals surface area contributed by atoms with Crippen molar-refractivity contribution in [2.75, 3.05) is 32.5 Å². The van der Waals surface area contributed by atoms with Gasteiger partial charge in [0.25, 0.3) is 0 Å². The number of ether oxygens (including phenoxy) is 2. The zero-order valence-corrected chi connectivity index (χ0v) is 21.8. The molecule has 2 fully saturated rings. The molecule has 1 aliphatic carbocycles. The van der Waals surface area contributed by atoms with Crippen LogP contribution in [0.1, 0.15) is 50.5 Å². The summed E-state index contributed by atoms with van der Waals surface area (Å²) in [6, 6.07) is 7.09. The summed E-state index contributed by atoms with van der Waals surface area (Å²) in [5.74, 6) is 2.30. The standard InChI is InChI=1S/C25H37N3O4S2/c1-31-15-23(29)28-17-34-16-22(28)24(30)27-21(13-10-18-6-4-3-5-7-18)25(33)26-14-19-8-11-20(32-2)12-9-19/h8-9,11-12,18,21-22H,3-7,10,13-17H2,1-2H3,(H,26,33)(H,27,30)/t21-,22+/m1/s1. The zero-order valence-electron chi connectivity index (χ0n) is 20.2. The van der Waals surface area contributed by atoms with Gasteiger partial charge in [-0.3, -0.25) is 9.59 Å². The van der Waals surface area contributed by atoms with Crippen LogP contribution in [0.3, 0.4) is 0 Å². The molecule has 1 aliphatic heterocycles. The smallest absolute Gasteiger partial charge is 0.249 e. The van der Waals surface area contributed by atoms with Crippen LogP contribution in [0.2, 0.25) is 0 Å². The summed E-state index contributed by atoms with van der Waals surface area (Å²) >= 11 is 7.33. The third-order valence-electron chi connectivity index (χ3n) is 6.62. The van der Waals surface area contributed by atoms with Gasteiger partial charge in [0, 0.05) is 19.4 Å². The predicted octanol–water partition coefficient (Wildman–Crippen LogP) is 3.51. The highest BCUT2D eigenvalue weighted by atomic mass is 32.2. The summed E-state index contributed by atoms with van der Waals surface area (Å²) in [6.07, 6.45) is 8.26. The van der Waals surface area contributed by atoms with Crippen LogP contribution >= 0.6 is 24.0 Å². The van der Waals surface area contributed by atoms with Crippen molar-refractivity contribution in [1.82, 2.24) is 15.5 Å². The second-order valence-electron chi connectivity index (χ2n) is 9.02. The van der Waals surface area contributed by atoms with E-state index >= 15 is 0 Å². The zero-order chi connectivity index (χ0) is 24.3. The van der Waals surface area contributed by atoms with E-state index in [0.717, 1.165) is 24.2 Å². The molecule has 2 aliphatic rings. The van der Waals surface area contributed by atoms with Gasteiger partial charge in [-0.15, -0.1) is 11.8 Å². The molecule has 0 bridgehead atoms. The molecule has 1 aromatic rings. The van der Waals surface area contributed by atoms with Gasteiger partial charge in [-0.25, -0.2) is 0 Å². The Balaban J connectivity index is 1.61. The van der Waals surface area contributed by atoms with E-state index in [0.29, 0.717) is 29.1 Å². The van der Waals surface area contributed by atoms with Gasteiger partial charge in [0.1, 0.15) is 18.4 Å². The summed E-state index contributed by atoms with van der Waals surface area (Å²) in [4.78, 5) is 27.8. The molecule has 0 radical (unpaired) electrons. The van der Waals surface area contributed by atoms with E-state index < -0.39 is 6.04 Å². The average Bonchev–Trinajstić information content (AvgIpc) is 3.36. The fourth-order valence-electron chi connectivity index (χ4n) is 4.58. The number of carbonyl (C=O) groups excluding carboxylic acids is 2. The monoisotopic (exact) mass is 507 g/mol. The lowest BCUT2D eigenvalue weighted by atomic mass is 9.85. The lowest BCUT2D eigenvalue weighted by Crippen LogP contribution is -2.53. The summed E-state index contributed by atoms with van der Waals surface area (Å²) in [5, 5.41) is 6.51. The van der Waals surface area contributed by atoms with Gasteiger partial charge in [-0.05, 0) is 36.5 Å². The number of benzene rings is 1. The van der Waals surface area contributed by atoms with Crippen molar-refractivity contribution < 1.29 is 19.1 Å². The van der Waals surface area contributed by atoms with Crippen molar-refractivity contribution in [3.05, 3.63) is 29.8 Å². The number of hydrogen-bond donors (Lipinski definition) is 2. The first-order valence-corrected chi connectivity index (χ1v) is 13.6. The number of thiocarbonyl (C=S) groups is 1. The van der Waals surface area contributed by atoms with Crippen LogP contribution in [0, 0.1) is 5.92 Å². The highest BCUT2D eigenvalue weighted by molar-refractivity contribution is 7.99. The van der Waals surface area contributed by atoms with Crippen LogP contribution in [0.5, 0.6) is 5.75 Å². The molecule has 0 unspecified atom stereocenters. The topological polar surface area (TPSA) is 79.9 Å². The van der Waals surface area contributed by atoms with E-state index in [9.17, 15) is 9.59 Å². The van der Waals surface area contributed by atoms with E-state index in [4.69, 9.17) is 21.7 Å². The quantitative estimate of drug-likeness (QED) is 0.444. The molecule has 1 saturated heterocycles. The Morgan fingerprint density at radius 1 is 1.18 bits per heavy atom. The van der Waals surface area contributed by atoms with Crippen molar-refractivity contribution in [2.24, 2.45) is 5.92 Å². The Labute approximate surface area is 212 Å². The Hall–Kier alpha value is -1.84. The van der Waals surface area contributed by atoms with E-state index in [1.54, 1.807) is 23.8 Å². The van der Waals surface area contributed by atoms with Crippen molar-refractivity contribution in [3.8, 4) is 5.75 Å². The first-order valence-electron chi connectivity index (χ1n) is 12.1. The number of hydrogen-bond acceptors (Lipinski definition) is 6. The molecule has 1 aromatic carbocycles. The highest BCUT2D eigenvalue weighted by Gasteiger charge is 2.35. The number of methoxy groups -OCH3 is 2. The molecule has 7 nitrogen and oxygen atoms in total. The van der Waals surface area contributed by atoms with Crippen molar-refractivity contribution in [2.45, 2.75) is 63.6 Å². The number of amides is 2. The number of rotatable bonds is 11. The SMILES string of the molecule is COCC(=O)N1CSC[C@H]1C(=O)N[C@H](CCC1CCCCC1)C(=S)NCc1ccc(OC)cc1. The van der Waals surface area contributed by atoms with Gasteiger partial charge >= 0.3 is 0 Å². The maximum atomic E-state index is 13.2. The second-order valence-corrected chi connectivity index (χ2v) is 10.5. The lowest BCUT2D eigenvalue weighted by molar-refractivity contribution is -0.140. The van der Waals surface area contributed by atoms with Gasteiger partial charge in [0.05, 0.1) is 24.0 Å². The lowest BCUT2D eigenvalue weighted by Gasteiger charge is -2.28. The first-order chi connectivity index (χ1) is 16.5. The van der Waals surface area contributed by atoms with Gasteiger partial charge in [0.15, 0.2) is 0 Å². The summed E-state index contributed by atoms with van der Waals surface area (Å²) in [7, 11) is 3.14. The fraction of sp³-hybridized carbons (Fsp3) is 0.640. The number of nitrogens with one attached hydrogen (secondary N) is 2. The molecule has 0 spiro atoms. The minimum absolute atomic E-state index is 0.0166. The molecule has 188 valence electrons. The van der Waals surface area contributed by atoms with Crippen LogP contribution in [0.15, 0.2) is 24.3 Å². The molecule has 3 rings (SSSR count). The Morgan fingerprint density at radius 3 is 2.59 bits per heavy atom. The van der Waals surface area contributed by atoms with E-state index in [1.807, 2.05) is 24.3 Å². The molecule has 1 heterocycles. The van der Waals surface area contributed by atoms with Crippen LogP contribution in [0.25, 0.3) is 0 Å². The molecule has 2 N–H and O–H groups in total. The highest BCUT2D eigenvalue weighted by Crippen LogP contribution is 2.28. The van der Waals surface area contributed by atoms with Crippen molar-refractivity contribution in [1.29, 1.82) is 0 Å². The minimum atomic E-state index is -0.491. The third kappa shape index (κ3) is 7.85. The van der Waals surface area contributed by atoms with Gasteiger partial charge < -0.3 is 25.0 Å². The molecule has 2 atom stereocenters. The Kier molecular flexibility index (Phi) is 10.9. The van der Waals surface area contributed by atoms with Crippen molar-refractivity contribution in [3.63, 3.8) is 0 Å². The van der Waals surface area contributed by atoms with E-state index in [2.05, 4.69) is 10.6 Å². The molecule has 2 amide bonds. The number of carbonyl (C=O) groups is 2. The van der Waals surface area contributed by atoms with Crippen LogP contribution in [0.4, 0.5) is 0 Å². The molecule has 0 aromatic heterocycles. The maximum absolute atomic E-state index is 13.2. The van der Waals surface area contributed by atoms with E-state index in [-0.39, 0.29) is 24.5 Å². The Morgan fingerprint density at radius 2 is 1.91 bits per heavy atom. The largest absolute Gasteiger partial charge is 0.497 e. The average molecular weight is 508 g/mol. The summed E-state index contributed by atoms with van der Waals surface area (Å²) in [6.45, 7) is 0.563. The van der Waals surface area contributed by atoms with Crippen molar-refractivity contribution >= 4 is 40.8 Å². The minimum Gasteiger partial charge on any atom is -0.497 e. The normalized spacial score (nSPS) is 19.5. The maximum Gasteiger partial charge on any atom is 0.249 e. The van der Waals surface area contributed by atoms with Crippen LogP contribution in [-0.4, -0.2) is 66.2 Å².